The molecule has 7 nitrogen and oxygen atoms in total. The third-order valence-electron chi connectivity index (χ3n) is 4.88. The summed E-state index contributed by atoms with van der Waals surface area (Å²) in [6.07, 6.45) is 0. The molecule has 0 saturated heterocycles. The van der Waals surface area contributed by atoms with Gasteiger partial charge in [-0.3, -0.25) is 4.79 Å². The molecule has 0 aliphatic rings. The number of carbonyl (C=O) groups is 2. The number of ketones is 1. The minimum Gasteiger partial charge on any atom is -0.496 e. The van der Waals surface area contributed by atoms with Crippen LogP contribution in [0.5, 0.6) is 11.5 Å². The number of halogens is 1. The molecule has 0 spiro atoms. The van der Waals surface area contributed by atoms with Crippen LogP contribution in [0.1, 0.15) is 41.4 Å². The Labute approximate surface area is 187 Å². The molecular formula is C23H27ClN2O5. The molecule has 166 valence electrons. The second-order valence-electron chi connectivity index (χ2n) is 6.79. The van der Waals surface area contributed by atoms with E-state index in [4.69, 9.17) is 25.8 Å². The van der Waals surface area contributed by atoms with Crippen molar-refractivity contribution in [2.75, 3.05) is 27.4 Å². The standard InChI is InChI=1S/C23H27ClN2O5/c1-15(18-13-19(29-4)20(16(2)27)22(30-5)21(18)24)26(23(28)25-3)11-12-31-14-17-9-7-6-8-10-17/h6-10,13,15H,3,11-12,14H2,1-2,4-5H3/t15-/m1/s1. The zero-order chi connectivity index (χ0) is 23.0. The van der Waals surface area contributed by atoms with Crippen LogP contribution in [0, 0.1) is 0 Å². The molecule has 0 saturated carbocycles. The fourth-order valence-corrected chi connectivity index (χ4v) is 3.64. The molecule has 0 bridgehead atoms. The van der Waals surface area contributed by atoms with Gasteiger partial charge in [0, 0.05) is 12.1 Å². The van der Waals surface area contributed by atoms with Gasteiger partial charge in [0.2, 0.25) is 0 Å². The number of benzene rings is 2. The number of hydrogen-bond donors (Lipinski definition) is 0. The van der Waals surface area contributed by atoms with Crippen molar-refractivity contribution in [2.45, 2.75) is 26.5 Å². The highest BCUT2D eigenvalue weighted by atomic mass is 35.5. The Morgan fingerprint density at radius 1 is 1.19 bits per heavy atom. The average Bonchev–Trinajstić information content (AvgIpc) is 2.78. The highest BCUT2D eigenvalue weighted by Crippen LogP contribution is 2.42. The molecule has 2 amide bonds. The molecule has 0 unspecified atom stereocenters. The number of hydrogen-bond acceptors (Lipinski definition) is 5. The normalized spacial score (nSPS) is 11.5. The number of rotatable bonds is 10. The molecule has 1 atom stereocenters. The molecule has 8 heteroatoms. The van der Waals surface area contributed by atoms with Crippen LogP contribution in [0.4, 0.5) is 4.79 Å². The number of methoxy groups -OCH3 is 2. The summed E-state index contributed by atoms with van der Waals surface area (Å²) in [7, 11) is 2.88. The molecule has 0 aliphatic heterocycles. The van der Waals surface area contributed by atoms with Gasteiger partial charge in [-0.1, -0.05) is 41.9 Å². The number of urea groups is 1. The van der Waals surface area contributed by atoms with Crippen LogP contribution in [-0.2, 0) is 11.3 Å². The quantitative estimate of drug-likeness (QED) is 0.293. The number of nitrogens with zero attached hydrogens (tertiary/aromatic N) is 2. The van der Waals surface area contributed by atoms with Gasteiger partial charge < -0.3 is 19.1 Å². The van der Waals surface area contributed by atoms with Crippen LogP contribution in [-0.4, -0.2) is 50.8 Å². The summed E-state index contributed by atoms with van der Waals surface area (Å²) in [6, 6.07) is 10.4. The predicted molar refractivity (Wildman–Crippen MR) is 121 cm³/mol. The van der Waals surface area contributed by atoms with Crippen molar-refractivity contribution in [2.24, 2.45) is 4.99 Å². The Morgan fingerprint density at radius 2 is 1.87 bits per heavy atom. The lowest BCUT2D eigenvalue weighted by Crippen LogP contribution is -2.34. The van der Waals surface area contributed by atoms with Crippen molar-refractivity contribution in [3.63, 3.8) is 0 Å². The van der Waals surface area contributed by atoms with Crippen molar-refractivity contribution in [1.82, 2.24) is 4.90 Å². The number of Topliss-reactive ketones (excluding diaryl/α,β-unsaturated/α-hetero) is 1. The Morgan fingerprint density at radius 3 is 2.42 bits per heavy atom. The monoisotopic (exact) mass is 446 g/mol. The number of aliphatic imine (C=N–C) groups is 1. The first kappa shape index (κ1) is 24.4. The maximum atomic E-state index is 12.5. The third-order valence-corrected chi connectivity index (χ3v) is 5.27. The van der Waals surface area contributed by atoms with Crippen LogP contribution in [0.3, 0.4) is 0 Å². The van der Waals surface area contributed by atoms with Gasteiger partial charge in [0.15, 0.2) is 11.5 Å². The van der Waals surface area contributed by atoms with Gasteiger partial charge in [0.05, 0.1) is 38.5 Å². The average molecular weight is 447 g/mol. The van der Waals surface area contributed by atoms with Crippen molar-refractivity contribution < 1.29 is 23.8 Å². The van der Waals surface area contributed by atoms with Crippen molar-refractivity contribution in [1.29, 1.82) is 0 Å². The topological polar surface area (TPSA) is 77.4 Å². The number of amides is 2. The molecule has 0 aliphatic carbocycles. The van der Waals surface area contributed by atoms with Gasteiger partial charge in [0.1, 0.15) is 11.3 Å². The van der Waals surface area contributed by atoms with Crippen LogP contribution in [0.25, 0.3) is 0 Å². The van der Waals surface area contributed by atoms with Crippen LogP contribution in [0.2, 0.25) is 5.02 Å². The van der Waals surface area contributed by atoms with Gasteiger partial charge in [-0.05, 0) is 32.2 Å². The fraction of sp³-hybridized carbons (Fsp3) is 0.348. The minimum absolute atomic E-state index is 0.203. The molecule has 2 aromatic rings. The van der Waals surface area contributed by atoms with E-state index in [0.717, 1.165) is 5.56 Å². The number of carbonyl (C=O) groups excluding carboxylic acids is 2. The van der Waals surface area contributed by atoms with E-state index in [1.807, 2.05) is 30.3 Å². The van der Waals surface area contributed by atoms with Gasteiger partial charge in [-0.15, -0.1) is 0 Å². The molecule has 31 heavy (non-hydrogen) atoms. The van der Waals surface area contributed by atoms with E-state index in [-0.39, 0.29) is 35.3 Å². The van der Waals surface area contributed by atoms with Crippen LogP contribution >= 0.6 is 11.6 Å². The van der Waals surface area contributed by atoms with E-state index >= 15 is 0 Å². The number of ether oxygens (including phenoxy) is 3. The lowest BCUT2D eigenvalue weighted by molar-refractivity contribution is 0.0916. The lowest BCUT2D eigenvalue weighted by atomic mass is 10.0. The highest BCUT2D eigenvalue weighted by Gasteiger charge is 2.28. The first-order valence-electron chi connectivity index (χ1n) is 9.69. The van der Waals surface area contributed by atoms with E-state index in [1.54, 1.807) is 13.0 Å². The minimum atomic E-state index is -0.513. The zero-order valence-corrected chi connectivity index (χ0v) is 18.9. The summed E-state index contributed by atoms with van der Waals surface area (Å²) in [5.74, 6) is 0.273. The maximum Gasteiger partial charge on any atom is 0.343 e. The summed E-state index contributed by atoms with van der Waals surface area (Å²) in [4.78, 5) is 29.6. The first-order chi connectivity index (χ1) is 14.8. The van der Waals surface area contributed by atoms with E-state index < -0.39 is 12.1 Å². The van der Waals surface area contributed by atoms with Crippen LogP contribution in [0.15, 0.2) is 41.4 Å². The summed E-state index contributed by atoms with van der Waals surface area (Å²) in [5, 5.41) is 0.230. The molecule has 2 aromatic carbocycles. The Balaban J connectivity index is 2.28. The Bertz CT molecular complexity index is 933. The van der Waals surface area contributed by atoms with Crippen molar-refractivity contribution >= 4 is 30.1 Å². The molecule has 0 N–H and O–H groups in total. The summed E-state index contributed by atoms with van der Waals surface area (Å²) < 4.78 is 16.5. The Kier molecular flexibility index (Phi) is 9.03. The molecule has 2 rings (SSSR count). The first-order valence-corrected chi connectivity index (χ1v) is 10.1. The smallest absolute Gasteiger partial charge is 0.343 e. The van der Waals surface area contributed by atoms with Gasteiger partial charge in [-0.2, -0.15) is 0 Å². The molecule has 0 radical (unpaired) electrons. The molecular weight excluding hydrogens is 420 g/mol. The van der Waals surface area contributed by atoms with Crippen LogP contribution < -0.4 is 9.47 Å². The highest BCUT2D eigenvalue weighted by molar-refractivity contribution is 6.33. The van der Waals surface area contributed by atoms with E-state index in [9.17, 15) is 9.59 Å². The Hall–Kier alpha value is -2.90. The molecule has 0 aromatic heterocycles. The van der Waals surface area contributed by atoms with Crippen molar-refractivity contribution in [3.8, 4) is 11.5 Å². The maximum absolute atomic E-state index is 12.5. The summed E-state index contributed by atoms with van der Waals surface area (Å²) in [5.41, 5.74) is 1.84. The summed E-state index contributed by atoms with van der Waals surface area (Å²) >= 11 is 6.57. The second-order valence-corrected chi connectivity index (χ2v) is 7.17. The van der Waals surface area contributed by atoms with E-state index in [2.05, 4.69) is 11.7 Å². The van der Waals surface area contributed by atoms with Crippen molar-refractivity contribution in [3.05, 3.63) is 58.1 Å². The van der Waals surface area contributed by atoms with E-state index in [1.165, 1.54) is 26.0 Å². The zero-order valence-electron chi connectivity index (χ0n) is 18.2. The molecule has 0 fully saturated rings. The second kappa shape index (κ2) is 11.5. The molecule has 0 heterocycles. The lowest BCUT2D eigenvalue weighted by Gasteiger charge is -2.29. The fourth-order valence-electron chi connectivity index (χ4n) is 3.26. The van der Waals surface area contributed by atoms with Gasteiger partial charge >= 0.3 is 6.03 Å². The largest absolute Gasteiger partial charge is 0.496 e. The summed E-state index contributed by atoms with van der Waals surface area (Å²) in [6.45, 7) is 7.53. The predicted octanol–water partition coefficient (Wildman–Crippen LogP) is 4.96. The SMILES string of the molecule is C=NC(=O)N(CCOCc1ccccc1)[C@H](C)c1cc(OC)c(C(C)=O)c(OC)c1Cl. The van der Waals surface area contributed by atoms with Gasteiger partial charge in [0.25, 0.3) is 0 Å². The van der Waals surface area contributed by atoms with E-state index in [0.29, 0.717) is 17.9 Å². The van der Waals surface area contributed by atoms with Gasteiger partial charge in [-0.25, -0.2) is 9.79 Å². The third kappa shape index (κ3) is 5.83.